The number of aliphatic hydroxyl groups excluding tert-OH is 2. The molecular weight excluding hydrogens is 237 g/mol. The summed E-state index contributed by atoms with van der Waals surface area (Å²) >= 11 is 0. The van der Waals surface area contributed by atoms with Crippen LogP contribution in [0.3, 0.4) is 0 Å². The third-order valence-corrected chi connectivity index (χ3v) is 3.51. The molecule has 1 aliphatic carbocycles. The number of halogens is 3. The quantitative estimate of drug-likeness (QED) is 0.761. The van der Waals surface area contributed by atoms with Crippen LogP contribution in [-0.2, 0) is 4.74 Å². The van der Waals surface area contributed by atoms with Crippen LogP contribution in [0, 0.1) is 11.3 Å². The first-order chi connectivity index (χ1) is 7.93. The second-order valence-electron chi connectivity index (χ2n) is 4.77. The summed E-state index contributed by atoms with van der Waals surface area (Å²) in [7, 11) is 0. The maximum Gasteiger partial charge on any atom is 0.411 e. The van der Waals surface area contributed by atoms with E-state index in [-0.39, 0.29) is 25.7 Å². The second kappa shape index (κ2) is 6.02. The van der Waals surface area contributed by atoms with Crippen molar-refractivity contribution in [1.82, 2.24) is 0 Å². The highest BCUT2D eigenvalue weighted by atomic mass is 19.4. The fourth-order valence-corrected chi connectivity index (χ4v) is 2.43. The lowest BCUT2D eigenvalue weighted by Crippen LogP contribution is -2.42. The molecule has 0 bridgehead atoms. The summed E-state index contributed by atoms with van der Waals surface area (Å²) in [6.07, 6.45) is -0.725. The average Bonchev–Trinajstić information content (AvgIpc) is 2.77. The molecule has 0 saturated heterocycles. The van der Waals surface area contributed by atoms with Gasteiger partial charge in [-0.25, -0.2) is 0 Å². The Kier molecular flexibility index (Phi) is 5.22. The molecule has 1 saturated carbocycles. The molecule has 2 N–H and O–H groups in total. The van der Waals surface area contributed by atoms with Crippen LogP contribution in [0.1, 0.15) is 25.7 Å². The number of aliphatic hydroxyl groups is 2. The lowest BCUT2D eigenvalue weighted by atomic mass is 9.76. The van der Waals surface area contributed by atoms with Crippen LogP contribution in [0.2, 0.25) is 0 Å². The molecule has 0 spiro atoms. The number of rotatable bonds is 6. The molecule has 102 valence electrons. The molecule has 0 heterocycles. The van der Waals surface area contributed by atoms with Crippen molar-refractivity contribution in [3.8, 4) is 0 Å². The molecule has 0 aromatic carbocycles. The van der Waals surface area contributed by atoms with E-state index in [0.29, 0.717) is 0 Å². The molecule has 1 aliphatic rings. The second-order valence-corrected chi connectivity index (χ2v) is 4.77. The first-order valence-corrected chi connectivity index (χ1v) is 5.80. The van der Waals surface area contributed by atoms with Crippen LogP contribution >= 0.6 is 0 Å². The van der Waals surface area contributed by atoms with Gasteiger partial charge in [0.1, 0.15) is 6.61 Å². The summed E-state index contributed by atoms with van der Waals surface area (Å²) in [5.74, 6) is 0.0470. The number of ether oxygens (including phenoxy) is 1. The standard InChI is InChI=1S/C11H19F3O3/c12-11(13,14)8-17-7-10(5-15,6-16)9-3-1-2-4-9/h9,15-16H,1-8H2. The minimum Gasteiger partial charge on any atom is -0.396 e. The Morgan fingerprint density at radius 2 is 1.53 bits per heavy atom. The topological polar surface area (TPSA) is 49.7 Å². The van der Waals surface area contributed by atoms with Gasteiger partial charge in [0.05, 0.1) is 19.8 Å². The first kappa shape index (κ1) is 14.7. The van der Waals surface area contributed by atoms with Gasteiger partial charge in [-0.3, -0.25) is 0 Å². The molecule has 1 fully saturated rings. The Morgan fingerprint density at radius 3 is 1.94 bits per heavy atom. The van der Waals surface area contributed by atoms with E-state index >= 15 is 0 Å². The molecule has 0 radical (unpaired) electrons. The highest BCUT2D eigenvalue weighted by Crippen LogP contribution is 2.40. The molecule has 0 amide bonds. The van der Waals surface area contributed by atoms with E-state index in [0.717, 1.165) is 25.7 Å². The normalized spacial score (nSPS) is 18.9. The molecule has 0 unspecified atom stereocenters. The van der Waals surface area contributed by atoms with Crippen LogP contribution in [-0.4, -0.2) is 42.8 Å². The van der Waals surface area contributed by atoms with Crippen molar-refractivity contribution in [2.45, 2.75) is 31.9 Å². The monoisotopic (exact) mass is 256 g/mol. The third kappa shape index (κ3) is 4.12. The lowest BCUT2D eigenvalue weighted by Gasteiger charge is -2.35. The zero-order valence-corrected chi connectivity index (χ0v) is 9.67. The van der Waals surface area contributed by atoms with Crippen LogP contribution < -0.4 is 0 Å². The van der Waals surface area contributed by atoms with E-state index in [2.05, 4.69) is 4.74 Å². The molecule has 17 heavy (non-hydrogen) atoms. The van der Waals surface area contributed by atoms with E-state index in [1.807, 2.05) is 0 Å². The minimum absolute atomic E-state index is 0.0470. The van der Waals surface area contributed by atoms with Crippen molar-refractivity contribution in [2.75, 3.05) is 26.4 Å². The summed E-state index contributed by atoms with van der Waals surface area (Å²) in [6, 6.07) is 0. The summed E-state index contributed by atoms with van der Waals surface area (Å²) in [4.78, 5) is 0. The van der Waals surface area contributed by atoms with Gasteiger partial charge in [0, 0.05) is 5.41 Å². The molecule has 1 rings (SSSR count). The van der Waals surface area contributed by atoms with Crippen molar-refractivity contribution in [3.63, 3.8) is 0 Å². The van der Waals surface area contributed by atoms with E-state index in [4.69, 9.17) is 0 Å². The zero-order valence-electron chi connectivity index (χ0n) is 9.67. The van der Waals surface area contributed by atoms with Gasteiger partial charge in [0.15, 0.2) is 0 Å². The largest absolute Gasteiger partial charge is 0.411 e. The highest BCUT2D eigenvalue weighted by molar-refractivity contribution is 4.88. The Bertz CT molecular complexity index is 220. The zero-order chi connectivity index (χ0) is 12.9. The molecule has 6 heteroatoms. The van der Waals surface area contributed by atoms with E-state index < -0.39 is 18.2 Å². The van der Waals surface area contributed by atoms with E-state index in [1.165, 1.54) is 0 Å². The third-order valence-electron chi connectivity index (χ3n) is 3.51. The Hall–Kier alpha value is -0.330. The van der Waals surface area contributed by atoms with Gasteiger partial charge in [0.25, 0.3) is 0 Å². The average molecular weight is 256 g/mol. The maximum atomic E-state index is 12.0. The molecule has 0 aliphatic heterocycles. The fraction of sp³-hybridized carbons (Fsp3) is 1.00. The Labute approximate surface area is 98.6 Å². The van der Waals surface area contributed by atoms with Gasteiger partial charge >= 0.3 is 6.18 Å². The van der Waals surface area contributed by atoms with Crippen LogP contribution in [0.5, 0.6) is 0 Å². The Balaban J connectivity index is 2.52. The van der Waals surface area contributed by atoms with Crippen molar-refractivity contribution in [3.05, 3.63) is 0 Å². The summed E-state index contributed by atoms with van der Waals surface area (Å²) in [5, 5.41) is 18.7. The SMILES string of the molecule is OCC(CO)(COCC(F)(F)F)C1CCCC1. The summed E-state index contributed by atoms with van der Waals surface area (Å²) in [5.41, 5.74) is -0.929. The van der Waals surface area contributed by atoms with Crippen LogP contribution in [0.25, 0.3) is 0 Å². The van der Waals surface area contributed by atoms with Crippen LogP contribution in [0.4, 0.5) is 13.2 Å². The summed E-state index contributed by atoms with van der Waals surface area (Å²) in [6.45, 7) is -2.26. The fourth-order valence-electron chi connectivity index (χ4n) is 2.43. The van der Waals surface area contributed by atoms with Gasteiger partial charge in [0.2, 0.25) is 0 Å². The van der Waals surface area contributed by atoms with Gasteiger partial charge < -0.3 is 14.9 Å². The number of hydrogen-bond acceptors (Lipinski definition) is 3. The predicted octanol–water partition coefficient (Wildman–Crippen LogP) is 1.73. The van der Waals surface area contributed by atoms with Crippen molar-refractivity contribution < 1.29 is 28.1 Å². The molecule has 0 atom stereocenters. The molecule has 0 aromatic heterocycles. The highest BCUT2D eigenvalue weighted by Gasteiger charge is 2.40. The number of hydrogen-bond donors (Lipinski definition) is 2. The first-order valence-electron chi connectivity index (χ1n) is 5.80. The van der Waals surface area contributed by atoms with Crippen molar-refractivity contribution in [1.29, 1.82) is 0 Å². The summed E-state index contributed by atoms with van der Waals surface area (Å²) < 4.78 is 40.5. The predicted molar refractivity (Wildman–Crippen MR) is 55.4 cm³/mol. The van der Waals surface area contributed by atoms with Gasteiger partial charge in [-0.2, -0.15) is 13.2 Å². The minimum atomic E-state index is -4.37. The van der Waals surface area contributed by atoms with E-state index in [1.54, 1.807) is 0 Å². The maximum absolute atomic E-state index is 12.0. The molecular formula is C11H19F3O3. The van der Waals surface area contributed by atoms with Crippen molar-refractivity contribution >= 4 is 0 Å². The molecule has 3 nitrogen and oxygen atoms in total. The lowest BCUT2D eigenvalue weighted by molar-refractivity contribution is -0.188. The Morgan fingerprint density at radius 1 is 1.00 bits per heavy atom. The smallest absolute Gasteiger partial charge is 0.396 e. The van der Waals surface area contributed by atoms with E-state index in [9.17, 15) is 23.4 Å². The van der Waals surface area contributed by atoms with Gasteiger partial charge in [-0.15, -0.1) is 0 Å². The van der Waals surface area contributed by atoms with Gasteiger partial charge in [-0.1, -0.05) is 12.8 Å². The van der Waals surface area contributed by atoms with Gasteiger partial charge in [-0.05, 0) is 18.8 Å². The van der Waals surface area contributed by atoms with Crippen molar-refractivity contribution in [2.24, 2.45) is 11.3 Å². The van der Waals surface area contributed by atoms with Crippen LogP contribution in [0.15, 0.2) is 0 Å². The number of alkyl halides is 3. The molecule has 0 aromatic rings.